The smallest absolute Gasteiger partial charge is 0.337 e. The molecule has 1 aromatic carbocycles. The van der Waals surface area contributed by atoms with Gasteiger partial charge < -0.3 is 4.90 Å². The van der Waals surface area contributed by atoms with Crippen LogP contribution in [-0.4, -0.2) is 27.6 Å². The Balaban J connectivity index is 1.47. The largest absolute Gasteiger partial charge is 0.352 e. The Kier molecular flexibility index (Phi) is 4.81. The molecule has 3 aromatic rings. The van der Waals surface area contributed by atoms with Crippen molar-refractivity contribution in [2.75, 3.05) is 18.0 Å². The minimum atomic E-state index is -0.415. The maximum absolute atomic E-state index is 13.1. The lowest BCUT2D eigenvalue weighted by atomic mass is 10.00. The summed E-state index contributed by atoms with van der Waals surface area (Å²) < 4.78 is 27.5. The van der Waals surface area contributed by atoms with E-state index < -0.39 is 5.69 Å². The van der Waals surface area contributed by atoms with Crippen LogP contribution in [-0.2, 0) is 6.54 Å². The molecule has 0 bridgehead atoms. The maximum Gasteiger partial charge on any atom is 0.352 e. The molecule has 5 nitrogen and oxygen atoms in total. The zero-order chi connectivity index (χ0) is 18.8. The molecular weight excluding hydrogens is 370 g/mol. The fourth-order valence-electron chi connectivity index (χ4n) is 2.99. The Morgan fingerprint density at radius 1 is 1.11 bits per heavy atom. The number of nitrogens with zero attached hydrogens (tertiary/aromatic N) is 4. The lowest BCUT2D eigenvalue weighted by Gasteiger charge is -2.26. The summed E-state index contributed by atoms with van der Waals surface area (Å²) in [4.78, 5) is 23.3. The molecule has 0 atom stereocenters. The fraction of sp³-hybridized carbons (Fsp3) is 0.211. The highest BCUT2D eigenvalue weighted by molar-refractivity contribution is 7.10. The van der Waals surface area contributed by atoms with Gasteiger partial charge in [0.05, 0.1) is 6.54 Å². The summed E-state index contributed by atoms with van der Waals surface area (Å²) in [6.45, 7) is 1.50. The van der Waals surface area contributed by atoms with E-state index in [0.29, 0.717) is 19.0 Å². The highest BCUT2D eigenvalue weighted by Gasteiger charge is 2.16. The van der Waals surface area contributed by atoms with Gasteiger partial charge in [0.25, 0.3) is 0 Å². The van der Waals surface area contributed by atoms with Gasteiger partial charge >= 0.3 is 5.69 Å². The van der Waals surface area contributed by atoms with Crippen molar-refractivity contribution in [2.24, 2.45) is 0 Å². The van der Waals surface area contributed by atoms with E-state index in [4.69, 9.17) is 0 Å². The van der Waals surface area contributed by atoms with Crippen LogP contribution in [0.3, 0.4) is 0 Å². The summed E-state index contributed by atoms with van der Waals surface area (Å²) in [6, 6.07) is 9.45. The molecule has 8 heteroatoms. The molecule has 1 aliphatic rings. The Hall–Kier alpha value is -2.87. The van der Waals surface area contributed by atoms with E-state index in [-0.39, 0.29) is 17.5 Å². The minimum absolute atomic E-state index is 0.252. The van der Waals surface area contributed by atoms with Gasteiger partial charge in [0, 0.05) is 18.0 Å². The lowest BCUT2D eigenvalue weighted by molar-refractivity contribution is 0.627. The fourth-order valence-corrected chi connectivity index (χ4v) is 3.72. The van der Waals surface area contributed by atoms with Crippen molar-refractivity contribution in [1.29, 1.82) is 0 Å². The molecule has 4 rings (SSSR count). The molecule has 0 saturated carbocycles. The van der Waals surface area contributed by atoms with Crippen LogP contribution in [0, 0.1) is 10.9 Å². The molecule has 0 aliphatic carbocycles. The number of aromatic nitrogens is 3. The van der Waals surface area contributed by atoms with E-state index in [1.165, 1.54) is 29.1 Å². The summed E-state index contributed by atoms with van der Waals surface area (Å²) in [6.07, 6.45) is 4.24. The molecule has 0 unspecified atom stereocenters. The van der Waals surface area contributed by atoms with Crippen molar-refractivity contribution in [3.05, 3.63) is 80.7 Å². The van der Waals surface area contributed by atoms with Crippen LogP contribution >= 0.6 is 11.3 Å². The van der Waals surface area contributed by atoms with Gasteiger partial charge in [-0.05, 0) is 41.8 Å². The van der Waals surface area contributed by atoms with Crippen LogP contribution in [0.15, 0.2) is 53.6 Å². The van der Waals surface area contributed by atoms with Crippen LogP contribution in [0.2, 0.25) is 0 Å². The first-order chi connectivity index (χ1) is 13.1. The predicted octanol–water partition coefficient (Wildman–Crippen LogP) is 3.32. The highest BCUT2D eigenvalue weighted by Crippen LogP contribution is 2.24. The van der Waals surface area contributed by atoms with Gasteiger partial charge in [-0.1, -0.05) is 18.2 Å². The van der Waals surface area contributed by atoms with E-state index >= 15 is 0 Å². The summed E-state index contributed by atoms with van der Waals surface area (Å²) in [5.41, 5.74) is 1.72. The van der Waals surface area contributed by atoms with Crippen LogP contribution in [0.4, 0.5) is 14.7 Å². The van der Waals surface area contributed by atoms with Gasteiger partial charge in [0.2, 0.25) is 5.95 Å². The molecule has 0 saturated heterocycles. The summed E-state index contributed by atoms with van der Waals surface area (Å²) in [7, 11) is 0. The second-order valence-corrected chi connectivity index (χ2v) is 7.32. The quantitative estimate of drug-likeness (QED) is 0.690. The maximum atomic E-state index is 13.1. The SMILES string of the molecule is O=c1nc(N2CC=C(c3ccc(F)cc3)CC2)ncn1Cc1ccc(F)s1. The highest BCUT2D eigenvalue weighted by atomic mass is 32.1. The Morgan fingerprint density at radius 2 is 1.93 bits per heavy atom. The average Bonchev–Trinajstić information content (AvgIpc) is 3.09. The van der Waals surface area contributed by atoms with Gasteiger partial charge in [-0.25, -0.2) is 14.2 Å². The van der Waals surface area contributed by atoms with Gasteiger partial charge in [0.15, 0.2) is 5.13 Å². The number of benzene rings is 1. The third kappa shape index (κ3) is 3.95. The number of anilines is 1. The van der Waals surface area contributed by atoms with E-state index in [1.54, 1.807) is 18.2 Å². The molecule has 0 N–H and O–H groups in total. The second kappa shape index (κ2) is 7.40. The number of halogens is 2. The number of hydrogen-bond donors (Lipinski definition) is 0. The average molecular weight is 386 g/mol. The first kappa shape index (κ1) is 17.5. The molecule has 2 aromatic heterocycles. The molecule has 138 valence electrons. The molecular formula is C19H16F2N4OS. The summed E-state index contributed by atoms with van der Waals surface area (Å²) >= 11 is 0.999. The zero-order valence-electron chi connectivity index (χ0n) is 14.3. The topological polar surface area (TPSA) is 51.0 Å². The summed E-state index contributed by atoms with van der Waals surface area (Å²) in [5, 5.41) is -0.285. The first-order valence-corrected chi connectivity index (χ1v) is 9.28. The zero-order valence-corrected chi connectivity index (χ0v) is 15.1. The van der Waals surface area contributed by atoms with E-state index in [9.17, 15) is 13.6 Å². The number of hydrogen-bond acceptors (Lipinski definition) is 5. The van der Waals surface area contributed by atoms with Gasteiger partial charge in [-0.15, -0.1) is 11.3 Å². The van der Waals surface area contributed by atoms with Gasteiger partial charge in [-0.3, -0.25) is 4.57 Å². The molecule has 27 heavy (non-hydrogen) atoms. The molecule has 1 aliphatic heterocycles. The number of thiophene rings is 1. The molecule has 0 amide bonds. The van der Waals surface area contributed by atoms with Crippen molar-refractivity contribution in [3.63, 3.8) is 0 Å². The normalized spacial score (nSPS) is 14.3. The van der Waals surface area contributed by atoms with Gasteiger partial charge in [-0.2, -0.15) is 9.37 Å². The lowest BCUT2D eigenvalue weighted by Crippen LogP contribution is -2.33. The number of rotatable bonds is 4. The molecule has 3 heterocycles. The standard InChI is InChI=1S/C19H16F2N4OS/c20-15-3-1-13(2-4-15)14-7-9-24(10-8-14)18-22-12-25(19(26)23-18)11-16-5-6-17(21)27-16/h1-7,12H,8-11H2. The second-order valence-electron chi connectivity index (χ2n) is 6.20. The summed E-state index contributed by atoms with van der Waals surface area (Å²) in [5.74, 6) is 0.124. The van der Waals surface area contributed by atoms with Crippen molar-refractivity contribution >= 4 is 22.9 Å². The van der Waals surface area contributed by atoms with Gasteiger partial charge in [0.1, 0.15) is 12.1 Å². The van der Waals surface area contributed by atoms with Crippen LogP contribution in [0.1, 0.15) is 16.9 Å². The van der Waals surface area contributed by atoms with Crippen LogP contribution in [0.25, 0.3) is 5.57 Å². The minimum Gasteiger partial charge on any atom is -0.337 e. The first-order valence-electron chi connectivity index (χ1n) is 8.46. The molecule has 0 spiro atoms. The van der Waals surface area contributed by atoms with E-state index in [0.717, 1.165) is 33.8 Å². The predicted molar refractivity (Wildman–Crippen MR) is 101 cm³/mol. The Bertz CT molecular complexity index is 1040. The Morgan fingerprint density at radius 3 is 2.56 bits per heavy atom. The third-order valence-corrected chi connectivity index (χ3v) is 5.27. The monoisotopic (exact) mass is 386 g/mol. The van der Waals surface area contributed by atoms with Crippen molar-refractivity contribution in [2.45, 2.75) is 13.0 Å². The van der Waals surface area contributed by atoms with Crippen molar-refractivity contribution in [1.82, 2.24) is 14.5 Å². The van der Waals surface area contributed by atoms with Crippen molar-refractivity contribution < 1.29 is 8.78 Å². The third-order valence-electron chi connectivity index (χ3n) is 4.42. The molecule has 0 radical (unpaired) electrons. The van der Waals surface area contributed by atoms with Crippen LogP contribution < -0.4 is 10.6 Å². The Labute approximate surface area is 158 Å². The molecule has 0 fully saturated rings. The van der Waals surface area contributed by atoms with E-state index in [2.05, 4.69) is 9.97 Å². The van der Waals surface area contributed by atoms with Crippen molar-refractivity contribution in [3.8, 4) is 0 Å². The van der Waals surface area contributed by atoms with E-state index in [1.807, 2.05) is 11.0 Å². The van der Waals surface area contributed by atoms with Crippen LogP contribution in [0.5, 0.6) is 0 Å².